The fourth-order valence-electron chi connectivity index (χ4n) is 1.53. The lowest BCUT2D eigenvalue weighted by Crippen LogP contribution is -2.25. The smallest absolute Gasteiger partial charge is 0.00389 e. The Kier molecular flexibility index (Phi) is 2.94. The fourth-order valence-corrected chi connectivity index (χ4v) is 1.53. The van der Waals surface area contributed by atoms with E-state index < -0.39 is 0 Å². The van der Waals surface area contributed by atoms with E-state index in [0.717, 1.165) is 5.92 Å². The van der Waals surface area contributed by atoms with Gasteiger partial charge in [0.1, 0.15) is 0 Å². The molecular formula is C9H17N. The predicted octanol–water partition coefficient (Wildman–Crippen LogP) is 2.08. The van der Waals surface area contributed by atoms with Crippen LogP contribution < -0.4 is 5.73 Å². The van der Waals surface area contributed by atoms with Crippen molar-refractivity contribution in [1.29, 1.82) is 0 Å². The van der Waals surface area contributed by atoms with Crippen molar-refractivity contribution in [3.8, 4) is 0 Å². The zero-order chi connectivity index (χ0) is 7.40. The van der Waals surface area contributed by atoms with Crippen molar-refractivity contribution in [3.05, 3.63) is 12.2 Å². The highest BCUT2D eigenvalue weighted by Gasteiger charge is 2.12. The number of allylic oxidation sites excluding steroid dienone is 2. The molecule has 0 bridgehead atoms. The molecule has 58 valence electrons. The Hall–Kier alpha value is -0.300. The van der Waals surface area contributed by atoms with E-state index in [1.807, 2.05) is 0 Å². The summed E-state index contributed by atoms with van der Waals surface area (Å²) in [6.07, 6.45) is 9.59. The third-order valence-corrected chi connectivity index (χ3v) is 2.32. The molecule has 1 nitrogen and oxygen atoms in total. The summed E-state index contributed by atoms with van der Waals surface area (Å²) in [5.41, 5.74) is 5.81. The Morgan fingerprint density at radius 2 is 1.80 bits per heavy atom. The summed E-state index contributed by atoms with van der Waals surface area (Å²) >= 11 is 0. The van der Waals surface area contributed by atoms with E-state index in [1.165, 1.54) is 25.7 Å². The quantitative estimate of drug-likeness (QED) is 0.553. The molecule has 0 saturated heterocycles. The van der Waals surface area contributed by atoms with E-state index in [2.05, 4.69) is 19.1 Å². The van der Waals surface area contributed by atoms with Gasteiger partial charge in [0.05, 0.1) is 0 Å². The van der Waals surface area contributed by atoms with Crippen LogP contribution >= 0.6 is 0 Å². The summed E-state index contributed by atoms with van der Waals surface area (Å²) in [5.74, 6) is 0.759. The van der Waals surface area contributed by atoms with Crippen molar-refractivity contribution < 1.29 is 0 Å². The van der Waals surface area contributed by atoms with Gasteiger partial charge in [-0.2, -0.15) is 0 Å². The summed E-state index contributed by atoms with van der Waals surface area (Å²) in [4.78, 5) is 0. The Bertz CT molecular complexity index is 106. The summed E-state index contributed by atoms with van der Waals surface area (Å²) in [6.45, 7) is 2.12. The van der Waals surface area contributed by atoms with Crippen molar-refractivity contribution in [2.75, 3.05) is 0 Å². The van der Waals surface area contributed by atoms with Crippen molar-refractivity contribution >= 4 is 0 Å². The maximum absolute atomic E-state index is 5.81. The molecule has 0 saturated carbocycles. The molecule has 1 atom stereocenters. The highest BCUT2D eigenvalue weighted by atomic mass is 14.6. The molecule has 0 aromatic rings. The number of rotatable bonds is 1. The molecule has 1 rings (SSSR count). The molecule has 0 amide bonds. The van der Waals surface area contributed by atoms with Crippen molar-refractivity contribution in [3.63, 3.8) is 0 Å². The third kappa shape index (κ3) is 2.14. The lowest BCUT2D eigenvalue weighted by atomic mass is 9.93. The molecule has 2 N–H and O–H groups in total. The topological polar surface area (TPSA) is 26.0 Å². The molecule has 0 spiro atoms. The first-order chi connectivity index (χ1) is 4.80. The number of nitrogens with two attached hydrogens (primary N) is 1. The molecule has 1 heteroatoms. The normalized spacial score (nSPS) is 24.2. The van der Waals surface area contributed by atoms with Gasteiger partial charge in [-0.3, -0.25) is 0 Å². The molecule has 10 heavy (non-hydrogen) atoms. The highest BCUT2D eigenvalue weighted by Crippen LogP contribution is 2.20. The van der Waals surface area contributed by atoms with E-state index in [4.69, 9.17) is 5.73 Å². The van der Waals surface area contributed by atoms with Gasteiger partial charge in [-0.15, -0.1) is 0 Å². The second-order valence-electron chi connectivity index (χ2n) is 3.25. The van der Waals surface area contributed by atoms with Gasteiger partial charge in [-0.1, -0.05) is 12.2 Å². The summed E-state index contributed by atoms with van der Waals surface area (Å²) in [6, 6.07) is 0.389. The van der Waals surface area contributed by atoms with Gasteiger partial charge >= 0.3 is 0 Å². The van der Waals surface area contributed by atoms with Crippen LogP contribution in [0.5, 0.6) is 0 Å². The predicted molar refractivity (Wildman–Crippen MR) is 44.7 cm³/mol. The van der Waals surface area contributed by atoms with Gasteiger partial charge in [-0.25, -0.2) is 0 Å². The SMILES string of the molecule is CC(N)C1CCC=CCC1. The number of hydrogen-bond donors (Lipinski definition) is 1. The molecule has 0 aliphatic heterocycles. The molecule has 0 fully saturated rings. The minimum atomic E-state index is 0.389. The average molecular weight is 139 g/mol. The Morgan fingerprint density at radius 1 is 1.30 bits per heavy atom. The summed E-state index contributed by atoms with van der Waals surface area (Å²) < 4.78 is 0. The Balaban J connectivity index is 2.34. The minimum absolute atomic E-state index is 0.389. The second kappa shape index (κ2) is 3.77. The Labute approximate surface area is 63.3 Å². The van der Waals surface area contributed by atoms with E-state index >= 15 is 0 Å². The maximum Gasteiger partial charge on any atom is 0.00389 e. The van der Waals surface area contributed by atoms with Crippen LogP contribution in [0.2, 0.25) is 0 Å². The zero-order valence-electron chi connectivity index (χ0n) is 6.72. The van der Waals surface area contributed by atoms with E-state index in [9.17, 15) is 0 Å². The van der Waals surface area contributed by atoms with Crippen LogP contribution in [0, 0.1) is 5.92 Å². The van der Waals surface area contributed by atoms with Crippen molar-refractivity contribution in [2.45, 2.75) is 38.6 Å². The molecular weight excluding hydrogens is 122 g/mol. The highest BCUT2D eigenvalue weighted by molar-refractivity contribution is 4.88. The molecule has 0 aromatic carbocycles. The van der Waals surface area contributed by atoms with Crippen LogP contribution in [-0.4, -0.2) is 6.04 Å². The monoisotopic (exact) mass is 139 g/mol. The Morgan fingerprint density at radius 3 is 2.20 bits per heavy atom. The molecule has 0 aromatic heterocycles. The van der Waals surface area contributed by atoms with Crippen LogP contribution in [0.15, 0.2) is 12.2 Å². The van der Waals surface area contributed by atoms with Gasteiger partial charge < -0.3 is 5.73 Å². The first-order valence-corrected chi connectivity index (χ1v) is 4.21. The van der Waals surface area contributed by atoms with Gasteiger partial charge in [-0.05, 0) is 38.5 Å². The first kappa shape index (κ1) is 7.80. The van der Waals surface area contributed by atoms with Crippen LogP contribution in [0.4, 0.5) is 0 Å². The minimum Gasteiger partial charge on any atom is -0.328 e. The number of hydrogen-bond acceptors (Lipinski definition) is 1. The van der Waals surface area contributed by atoms with Crippen LogP contribution in [0.1, 0.15) is 32.6 Å². The third-order valence-electron chi connectivity index (χ3n) is 2.32. The first-order valence-electron chi connectivity index (χ1n) is 4.21. The van der Waals surface area contributed by atoms with Crippen molar-refractivity contribution in [1.82, 2.24) is 0 Å². The van der Waals surface area contributed by atoms with Gasteiger partial charge in [0, 0.05) is 6.04 Å². The van der Waals surface area contributed by atoms with E-state index in [0.29, 0.717) is 6.04 Å². The molecule has 0 radical (unpaired) electrons. The standard InChI is InChI=1S/C9H17N/c1-8(10)9-6-4-2-3-5-7-9/h2-3,8-9H,4-7,10H2,1H3. The second-order valence-corrected chi connectivity index (χ2v) is 3.25. The molecule has 1 unspecified atom stereocenters. The van der Waals surface area contributed by atoms with E-state index in [-0.39, 0.29) is 0 Å². The zero-order valence-corrected chi connectivity index (χ0v) is 6.72. The molecule has 1 aliphatic rings. The van der Waals surface area contributed by atoms with Crippen LogP contribution in [0.3, 0.4) is 0 Å². The van der Waals surface area contributed by atoms with Gasteiger partial charge in [0.15, 0.2) is 0 Å². The molecule has 1 aliphatic carbocycles. The maximum atomic E-state index is 5.81. The van der Waals surface area contributed by atoms with Crippen molar-refractivity contribution in [2.24, 2.45) is 11.7 Å². The summed E-state index contributed by atoms with van der Waals surface area (Å²) in [5, 5.41) is 0. The molecule has 0 heterocycles. The average Bonchev–Trinajstić information content (AvgIpc) is 2.12. The fraction of sp³-hybridized carbons (Fsp3) is 0.778. The summed E-state index contributed by atoms with van der Waals surface area (Å²) in [7, 11) is 0. The lowest BCUT2D eigenvalue weighted by molar-refractivity contribution is 0.399. The lowest BCUT2D eigenvalue weighted by Gasteiger charge is -2.17. The van der Waals surface area contributed by atoms with Gasteiger partial charge in [0.2, 0.25) is 0 Å². The van der Waals surface area contributed by atoms with Gasteiger partial charge in [0.25, 0.3) is 0 Å². The largest absolute Gasteiger partial charge is 0.328 e. The van der Waals surface area contributed by atoms with E-state index in [1.54, 1.807) is 0 Å². The van der Waals surface area contributed by atoms with Crippen LogP contribution in [0.25, 0.3) is 0 Å². The van der Waals surface area contributed by atoms with Crippen LogP contribution in [-0.2, 0) is 0 Å².